The fourth-order valence-electron chi connectivity index (χ4n) is 2.53. The third-order valence-electron chi connectivity index (χ3n) is 3.65. The Hall–Kier alpha value is -0.490. The van der Waals surface area contributed by atoms with Gasteiger partial charge in [-0.3, -0.25) is 0 Å². The number of nitrogens with zero attached hydrogens (tertiary/aromatic N) is 2. The van der Waals surface area contributed by atoms with Crippen LogP contribution in [0.25, 0.3) is 0 Å². The Morgan fingerprint density at radius 2 is 2.29 bits per heavy atom. The minimum absolute atomic E-state index is 0.152. The van der Waals surface area contributed by atoms with E-state index in [0.29, 0.717) is 5.92 Å². The molecule has 1 N–H and O–H groups in total. The van der Waals surface area contributed by atoms with Crippen LogP contribution in [0.15, 0.2) is 0 Å². The van der Waals surface area contributed by atoms with Crippen molar-refractivity contribution in [1.82, 2.24) is 15.2 Å². The molecule has 1 saturated heterocycles. The van der Waals surface area contributed by atoms with Crippen LogP contribution in [0.3, 0.4) is 0 Å². The molecule has 1 aliphatic heterocycles. The van der Waals surface area contributed by atoms with Gasteiger partial charge in [-0.2, -0.15) is 0 Å². The second kappa shape index (κ2) is 8.22. The van der Waals surface area contributed by atoms with Crippen LogP contribution in [0.1, 0.15) is 48.9 Å². The largest absolute Gasteiger partial charge is 0.368 e. The highest BCUT2D eigenvalue weighted by Crippen LogP contribution is 2.29. The molecule has 0 amide bonds. The molecule has 1 aromatic rings. The minimum Gasteiger partial charge on any atom is -0.368 e. The zero-order valence-electron chi connectivity index (χ0n) is 13.8. The first-order valence-corrected chi connectivity index (χ1v) is 8.91. The van der Waals surface area contributed by atoms with Crippen molar-refractivity contribution >= 4 is 11.3 Å². The molecule has 1 aliphatic rings. The first-order chi connectivity index (χ1) is 10.1. The molecule has 1 atom stereocenters. The van der Waals surface area contributed by atoms with Crippen molar-refractivity contribution < 1.29 is 4.74 Å². The predicted octanol–water partition coefficient (Wildman–Crippen LogP) is 2.84. The van der Waals surface area contributed by atoms with Crippen LogP contribution >= 0.6 is 11.3 Å². The lowest BCUT2D eigenvalue weighted by Crippen LogP contribution is -2.35. The van der Waals surface area contributed by atoms with Gasteiger partial charge in [0, 0.05) is 24.5 Å². The van der Waals surface area contributed by atoms with Gasteiger partial charge in [-0.1, -0.05) is 20.8 Å². The number of hydrogen-bond donors (Lipinski definition) is 1. The van der Waals surface area contributed by atoms with Crippen LogP contribution in [0.5, 0.6) is 0 Å². The lowest BCUT2D eigenvalue weighted by Gasteiger charge is -2.28. The summed E-state index contributed by atoms with van der Waals surface area (Å²) in [6, 6.07) is 0. The van der Waals surface area contributed by atoms with Crippen LogP contribution in [0.4, 0.5) is 0 Å². The molecule has 120 valence electrons. The summed E-state index contributed by atoms with van der Waals surface area (Å²) in [5.74, 6) is 0.639. The molecule has 2 rings (SSSR count). The minimum atomic E-state index is 0.152. The van der Waals surface area contributed by atoms with Gasteiger partial charge in [0.25, 0.3) is 0 Å². The number of ether oxygens (including phenoxy) is 1. The van der Waals surface area contributed by atoms with Gasteiger partial charge in [0.05, 0.1) is 12.3 Å². The Balaban J connectivity index is 2.10. The van der Waals surface area contributed by atoms with E-state index < -0.39 is 0 Å². The van der Waals surface area contributed by atoms with Gasteiger partial charge in [-0.05, 0) is 32.4 Å². The maximum atomic E-state index is 5.92. The lowest BCUT2D eigenvalue weighted by molar-refractivity contribution is -0.0210. The average molecular weight is 311 g/mol. The Morgan fingerprint density at radius 3 is 2.95 bits per heavy atom. The van der Waals surface area contributed by atoms with E-state index in [9.17, 15) is 0 Å². The molecule has 0 radical (unpaired) electrons. The molecule has 0 bridgehead atoms. The Bertz CT molecular complexity index is 433. The summed E-state index contributed by atoms with van der Waals surface area (Å²) in [6.45, 7) is 11.5. The van der Waals surface area contributed by atoms with E-state index in [0.717, 1.165) is 44.2 Å². The van der Waals surface area contributed by atoms with Crippen LogP contribution in [0, 0.1) is 5.92 Å². The molecule has 21 heavy (non-hydrogen) atoms. The molecule has 0 spiro atoms. The summed E-state index contributed by atoms with van der Waals surface area (Å²) in [6.07, 6.45) is 2.38. The fourth-order valence-corrected chi connectivity index (χ4v) is 3.63. The highest BCUT2D eigenvalue weighted by molar-refractivity contribution is 7.11. The third kappa shape index (κ3) is 5.02. The van der Waals surface area contributed by atoms with Crippen LogP contribution in [-0.4, -0.2) is 43.2 Å². The Kier molecular flexibility index (Phi) is 6.61. The van der Waals surface area contributed by atoms with E-state index in [-0.39, 0.29) is 6.10 Å². The predicted molar refractivity (Wildman–Crippen MR) is 88.8 cm³/mol. The average Bonchev–Trinajstić information content (AvgIpc) is 2.81. The first kappa shape index (κ1) is 16.9. The van der Waals surface area contributed by atoms with Crippen molar-refractivity contribution in [3.63, 3.8) is 0 Å². The van der Waals surface area contributed by atoms with E-state index in [2.05, 4.69) is 38.0 Å². The summed E-state index contributed by atoms with van der Waals surface area (Å²) in [4.78, 5) is 8.63. The van der Waals surface area contributed by atoms with Crippen molar-refractivity contribution in [3.8, 4) is 0 Å². The second-order valence-electron chi connectivity index (χ2n) is 6.32. The van der Waals surface area contributed by atoms with Crippen molar-refractivity contribution in [2.24, 2.45) is 5.92 Å². The zero-order valence-corrected chi connectivity index (χ0v) is 14.6. The molecule has 0 aliphatic carbocycles. The maximum Gasteiger partial charge on any atom is 0.123 e. The number of nitrogens with one attached hydrogen (secondary N) is 1. The second-order valence-corrected chi connectivity index (χ2v) is 7.43. The Labute approximate surface area is 132 Å². The smallest absolute Gasteiger partial charge is 0.123 e. The van der Waals surface area contributed by atoms with Crippen LogP contribution in [0.2, 0.25) is 0 Å². The number of aromatic nitrogens is 1. The zero-order chi connectivity index (χ0) is 15.2. The highest BCUT2D eigenvalue weighted by atomic mass is 32.1. The summed E-state index contributed by atoms with van der Waals surface area (Å²) in [5.41, 5.74) is 1.27. The fraction of sp³-hybridized carbons (Fsp3) is 0.812. The summed E-state index contributed by atoms with van der Waals surface area (Å²) >= 11 is 1.84. The standard InChI is InChI=1S/C16H29N3OS/c1-5-6-17-10-15-13(9-12(2)3)18-16(21-15)14-11-19(4)7-8-20-14/h12,14,17H,5-11H2,1-4H3. The molecule has 0 saturated carbocycles. The number of morpholine rings is 1. The first-order valence-electron chi connectivity index (χ1n) is 8.09. The van der Waals surface area contributed by atoms with Gasteiger partial charge in [-0.15, -0.1) is 11.3 Å². The monoisotopic (exact) mass is 311 g/mol. The Morgan fingerprint density at radius 1 is 1.48 bits per heavy atom. The maximum absolute atomic E-state index is 5.92. The quantitative estimate of drug-likeness (QED) is 0.786. The van der Waals surface area contributed by atoms with Crippen LogP contribution in [-0.2, 0) is 17.7 Å². The summed E-state index contributed by atoms with van der Waals surface area (Å²) in [7, 11) is 2.15. The van der Waals surface area contributed by atoms with Crippen molar-refractivity contribution in [2.45, 2.75) is 46.3 Å². The number of thiazole rings is 1. The van der Waals surface area contributed by atoms with Gasteiger partial charge in [0.2, 0.25) is 0 Å². The third-order valence-corrected chi connectivity index (χ3v) is 4.84. The van der Waals surface area contributed by atoms with E-state index in [1.807, 2.05) is 11.3 Å². The molecule has 1 unspecified atom stereocenters. The lowest BCUT2D eigenvalue weighted by atomic mass is 10.1. The van der Waals surface area contributed by atoms with E-state index >= 15 is 0 Å². The molecule has 0 aromatic carbocycles. The van der Waals surface area contributed by atoms with E-state index in [4.69, 9.17) is 9.72 Å². The van der Waals surface area contributed by atoms with Crippen LogP contribution < -0.4 is 5.32 Å². The SMILES string of the molecule is CCCNCc1sc(C2CN(C)CCO2)nc1CC(C)C. The van der Waals surface area contributed by atoms with Gasteiger partial charge in [0.15, 0.2) is 0 Å². The molecular formula is C16H29N3OS. The summed E-state index contributed by atoms with van der Waals surface area (Å²) < 4.78 is 5.92. The molecular weight excluding hydrogens is 282 g/mol. The summed E-state index contributed by atoms with van der Waals surface area (Å²) in [5, 5.41) is 4.67. The van der Waals surface area contributed by atoms with Crippen molar-refractivity contribution in [2.75, 3.05) is 33.3 Å². The number of likely N-dealkylation sites (N-methyl/N-ethyl adjacent to an activating group) is 1. The van der Waals surface area contributed by atoms with E-state index in [1.54, 1.807) is 0 Å². The van der Waals surface area contributed by atoms with Crippen molar-refractivity contribution in [1.29, 1.82) is 0 Å². The molecule has 2 heterocycles. The number of rotatable bonds is 7. The van der Waals surface area contributed by atoms with Gasteiger partial charge < -0.3 is 15.0 Å². The molecule has 5 heteroatoms. The highest BCUT2D eigenvalue weighted by Gasteiger charge is 2.24. The normalized spacial score (nSPS) is 20.3. The van der Waals surface area contributed by atoms with Crippen molar-refractivity contribution in [3.05, 3.63) is 15.6 Å². The van der Waals surface area contributed by atoms with E-state index in [1.165, 1.54) is 17.0 Å². The molecule has 1 aromatic heterocycles. The van der Waals surface area contributed by atoms with Gasteiger partial charge >= 0.3 is 0 Å². The molecule has 4 nitrogen and oxygen atoms in total. The number of hydrogen-bond acceptors (Lipinski definition) is 5. The molecule has 1 fully saturated rings. The van der Waals surface area contributed by atoms with Gasteiger partial charge in [0.1, 0.15) is 11.1 Å². The topological polar surface area (TPSA) is 37.4 Å². The van der Waals surface area contributed by atoms with Gasteiger partial charge in [-0.25, -0.2) is 4.98 Å².